The Morgan fingerprint density at radius 1 is 1.37 bits per heavy atom. The number of hydrogen-bond acceptors (Lipinski definition) is 3. The maximum Gasteiger partial charge on any atom is 0.238 e. The Labute approximate surface area is 120 Å². The lowest BCUT2D eigenvalue weighted by Crippen LogP contribution is -2.58. The van der Waals surface area contributed by atoms with Crippen LogP contribution in [-0.4, -0.2) is 36.0 Å². The molecule has 4 atom stereocenters. The molecule has 2 saturated carbocycles. The minimum atomic E-state index is 0.0114. The predicted octanol–water partition coefficient (Wildman–Crippen LogP) is 2.02. The molecule has 2 aliphatic carbocycles. The van der Waals surface area contributed by atoms with Crippen molar-refractivity contribution in [3.63, 3.8) is 0 Å². The number of amides is 1. The Morgan fingerprint density at radius 2 is 2.16 bits per heavy atom. The highest BCUT2D eigenvalue weighted by molar-refractivity contribution is 7.99. The molecule has 108 valence electrons. The van der Waals surface area contributed by atoms with Gasteiger partial charge in [-0.2, -0.15) is 11.8 Å². The number of nitrogens with one attached hydrogen (secondary N) is 2. The second-order valence-electron chi connectivity index (χ2n) is 7.44. The normalized spacial score (nSPS) is 44.3. The lowest BCUT2D eigenvalue weighted by Gasteiger charge is -2.43. The van der Waals surface area contributed by atoms with Crippen LogP contribution in [0.5, 0.6) is 0 Å². The van der Waals surface area contributed by atoms with Gasteiger partial charge < -0.3 is 10.6 Å². The molecular weight excluding hydrogens is 256 g/mol. The van der Waals surface area contributed by atoms with Gasteiger partial charge in [0, 0.05) is 24.1 Å². The van der Waals surface area contributed by atoms with Gasteiger partial charge in [0.1, 0.15) is 0 Å². The van der Waals surface area contributed by atoms with Crippen LogP contribution in [0.25, 0.3) is 0 Å². The molecule has 0 aromatic rings. The average molecular weight is 282 g/mol. The van der Waals surface area contributed by atoms with E-state index in [9.17, 15) is 4.79 Å². The van der Waals surface area contributed by atoms with Gasteiger partial charge in [-0.15, -0.1) is 0 Å². The van der Waals surface area contributed by atoms with Gasteiger partial charge >= 0.3 is 0 Å². The van der Waals surface area contributed by atoms with Crippen molar-refractivity contribution in [2.75, 3.05) is 18.1 Å². The van der Waals surface area contributed by atoms with Crippen molar-refractivity contribution in [2.45, 2.75) is 52.1 Å². The molecule has 3 aliphatic rings. The minimum absolute atomic E-state index is 0.0114. The number of carbonyl (C=O) groups is 1. The van der Waals surface area contributed by atoms with Crippen LogP contribution in [0.3, 0.4) is 0 Å². The Hall–Kier alpha value is -0.220. The third-order valence-corrected chi connectivity index (χ3v) is 6.86. The molecule has 0 aromatic heterocycles. The lowest BCUT2D eigenvalue weighted by molar-refractivity contribution is -0.125. The van der Waals surface area contributed by atoms with E-state index < -0.39 is 0 Å². The van der Waals surface area contributed by atoms with Crippen molar-refractivity contribution in [1.82, 2.24) is 10.6 Å². The highest BCUT2D eigenvalue weighted by Gasteiger charge is 2.59. The van der Waals surface area contributed by atoms with Crippen LogP contribution in [0, 0.1) is 16.7 Å². The average Bonchev–Trinajstić information content (AvgIpc) is 2.87. The Kier molecular flexibility index (Phi) is 3.37. The van der Waals surface area contributed by atoms with E-state index in [1.165, 1.54) is 19.3 Å². The van der Waals surface area contributed by atoms with Crippen LogP contribution in [0.4, 0.5) is 0 Å². The zero-order chi connectivity index (χ0) is 13.7. The first-order chi connectivity index (χ1) is 8.93. The van der Waals surface area contributed by atoms with E-state index >= 15 is 0 Å². The first kappa shape index (κ1) is 13.7. The van der Waals surface area contributed by atoms with Crippen LogP contribution < -0.4 is 10.6 Å². The van der Waals surface area contributed by atoms with Gasteiger partial charge in [0.15, 0.2) is 0 Å². The fourth-order valence-electron chi connectivity index (χ4n) is 4.64. The zero-order valence-corrected chi connectivity index (χ0v) is 13.1. The molecule has 4 unspecified atom stereocenters. The SMILES string of the molecule is CC12CCC(C1)C(C)(C)C2NC(=O)C1CSCCN1. The van der Waals surface area contributed by atoms with Crippen molar-refractivity contribution in [3.8, 4) is 0 Å². The van der Waals surface area contributed by atoms with Crippen LogP contribution in [0.1, 0.15) is 40.0 Å². The highest BCUT2D eigenvalue weighted by atomic mass is 32.2. The lowest BCUT2D eigenvalue weighted by atomic mass is 9.68. The molecule has 4 heteroatoms. The van der Waals surface area contributed by atoms with Gasteiger partial charge in [0.2, 0.25) is 5.91 Å². The summed E-state index contributed by atoms with van der Waals surface area (Å²) in [6.07, 6.45) is 3.91. The first-order valence-corrected chi connectivity index (χ1v) is 8.70. The fourth-order valence-corrected chi connectivity index (χ4v) is 5.57. The largest absolute Gasteiger partial charge is 0.351 e. The summed E-state index contributed by atoms with van der Waals surface area (Å²) in [5.74, 6) is 3.05. The summed E-state index contributed by atoms with van der Waals surface area (Å²) in [5.41, 5.74) is 0.579. The third-order valence-electron chi connectivity index (χ3n) is 5.79. The van der Waals surface area contributed by atoms with E-state index in [-0.39, 0.29) is 17.4 Å². The smallest absolute Gasteiger partial charge is 0.238 e. The van der Waals surface area contributed by atoms with E-state index in [4.69, 9.17) is 0 Å². The maximum absolute atomic E-state index is 12.5. The first-order valence-electron chi connectivity index (χ1n) is 7.55. The van der Waals surface area contributed by atoms with E-state index in [0.29, 0.717) is 11.5 Å². The molecule has 3 fully saturated rings. The molecule has 0 aromatic carbocycles. The Balaban J connectivity index is 1.70. The van der Waals surface area contributed by atoms with Crippen LogP contribution in [-0.2, 0) is 4.79 Å². The van der Waals surface area contributed by atoms with Crippen molar-refractivity contribution in [3.05, 3.63) is 0 Å². The summed E-state index contributed by atoms with van der Waals surface area (Å²) in [5, 5.41) is 6.74. The Morgan fingerprint density at radius 3 is 2.74 bits per heavy atom. The minimum Gasteiger partial charge on any atom is -0.351 e. The molecule has 1 heterocycles. The van der Waals surface area contributed by atoms with Gasteiger partial charge in [-0.25, -0.2) is 0 Å². The molecule has 1 saturated heterocycles. The molecule has 2 N–H and O–H groups in total. The number of hydrogen-bond donors (Lipinski definition) is 2. The van der Waals surface area contributed by atoms with Gasteiger partial charge in [-0.1, -0.05) is 20.8 Å². The number of rotatable bonds is 2. The summed E-state index contributed by atoms with van der Waals surface area (Å²) in [6, 6.07) is 0.359. The number of carbonyl (C=O) groups excluding carboxylic acids is 1. The zero-order valence-electron chi connectivity index (χ0n) is 12.3. The van der Waals surface area contributed by atoms with Gasteiger partial charge in [0.25, 0.3) is 0 Å². The summed E-state index contributed by atoms with van der Waals surface area (Å²) in [4.78, 5) is 12.5. The topological polar surface area (TPSA) is 41.1 Å². The number of thioether (sulfide) groups is 1. The summed E-state index contributed by atoms with van der Waals surface area (Å²) >= 11 is 1.88. The fraction of sp³-hybridized carbons (Fsp3) is 0.933. The van der Waals surface area contributed by atoms with Gasteiger partial charge in [0.05, 0.1) is 6.04 Å². The predicted molar refractivity (Wildman–Crippen MR) is 80.3 cm³/mol. The van der Waals surface area contributed by atoms with Gasteiger partial charge in [-0.3, -0.25) is 4.79 Å². The Bertz CT molecular complexity index is 374. The monoisotopic (exact) mass is 282 g/mol. The molecule has 0 spiro atoms. The summed E-state index contributed by atoms with van der Waals surface area (Å²) < 4.78 is 0. The van der Waals surface area contributed by atoms with Crippen LogP contribution in [0.2, 0.25) is 0 Å². The highest BCUT2D eigenvalue weighted by Crippen LogP contribution is 2.62. The van der Waals surface area contributed by atoms with E-state index in [0.717, 1.165) is 24.0 Å². The molecule has 2 bridgehead atoms. The summed E-state index contributed by atoms with van der Waals surface area (Å²) in [6.45, 7) is 8.01. The van der Waals surface area contributed by atoms with Crippen molar-refractivity contribution >= 4 is 17.7 Å². The van der Waals surface area contributed by atoms with Crippen molar-refractivity contribution in [2.24, 2.45) is 16.7 Å². The molecule has 3 rings (SSSR count). The molecule has 0 radical (unpaired) electrons. The molecule has 19 heavy (non-hydrogen) atoms. The standard InChI is InChI=1S/C15H26N2OS/c1-14(2)10-4-5-15(3,8-10)13(14)17-12(18)11-9-19-7-6-16-11/h10-11,13,16H,4-9H2,1-3H3,(H,17,18). The number of fused-ring (bicyclic) bond motifs is 2. The molecule has 1 aliphatic heterocycles. The van der Waals surface area contributed by atoms with Crippen molar-refractivity contribution < 1.29 is 4.79 Å². The summed E-state index contributed by atoms with van der Waals surface area (Å²) in [7, 11) is 0. The van der Waals surface area contributed by atoms with Crippen LogP contribution in [0.15, 0.2) is 0 Å². The van der Waals surface area contributed by atoms with Gasteiger partial charge in [-0.05, 0) is 36.0 Å². The molecular formula is C15H26N2OS. The second kappa shape index (κ2) is 4.66. The maximum atomic E-state index is 12.5. The molecule has 1 amide bonds. The molecule has 3 nitrogen and oxygen atoms in total. The quantitative estimate of drug-likeness (QED) is 0.814. The van der Waals surface area contributed by atoms with Crippen LogP contribution >= 0.6 is 11.8 Å². The van der Waals surface area contributed by atoms with Crippen molar-refractivity contribution in [1.29, 1.82) is 0 Å². The van der Waals surface area contributed by atoms with E-state index in [1.807, 2.05) is 11.8 Å². The van der Waals surface area contributed by atoms with E-state index in [1.54, 1.807) is 0 Å². The van der Waals surface area contributed by atoms with E-state index in [2.05, 4.69) is 31.4 Å². The second-order valence-corrected chi connectivity index (χ2v) is 8.59. The third kappa shape index (κ3) is 2.21.